The van der Waals surface area contributed by atoms with E-state index in [0.717, 1.165) is 13.8 Å². The minimum absolute atomic E-state index is 0.197. The van der Waals surface area contributed by atoms with E-state index in [9.17, 15) is 19.2 Å². The Kier molecular flexibility index (Phi) is 13.0. The van der Waals surface area contributed by atoms with Crippen molar-refractivity contribution in [1.82, 2.24) is 0 Å². The van der Waals surface area contributed by atoms with E-state index in [4.69, 9.17) is 52.1 Å². The maximum Gasteiger partial charge on any atom is 0.303 e. The van der Waals surface area contributed by atoms with Gasteiger partial charge in [-0.05, 0) is 0 Å². The molecule has 15 heteroatoms. The van der Waals surface area contributed by atoms with Gasteiger partial charge >= 0.3 is 23.9 Å². The summed E-state index contributed by atoms with van der Waals surface area (Å²) in [4.78, 5) is 47.1. The lowest BCUT2D eigenvalue weighted by atomic mass is 9.96. The Hall–Kier alpha value is -2.40. The van der Waals surface area contributed by atoms with E-state index in [1.807, 2.05) is 0 Å². The summed E-state index contributed by atoms with van der Waals surface area (Å²) in [6, 6.07) is 0. The highest BCUT2D eigenvalue weighted by Gasteiger charge is 2.55. The van der Waals surface area contributed by atoms with Crippen molar-refractivity contribution < 1.29 is 71.3 Å². The van der Waals surface area contributed by atoms with Gasteiger partial charge in [0, 0.05) is 56.1 Å². The molecule has 2 rings (SSSR count). The number of hydrogen-bond acceptors (Lipinski definition) is 15. The van der Waals surface area contributed by atoms with Crippen LogP contribution in [0.5, 0.6) is 0 Å². The van der Waals surface area contributed by atoms with Crippen molar-refractivity contribution in [1.29, 1.82) is 0 Å². The fraction of sp³-hybridized carbons (Fsp3) is 0.833. The third-order valence-corrected chi connectivity index (χ3v) is 6.03. The van der Waals surface area contributed by atoms with Gasteiger partial charge in [-0.25, -0.2) is 0 Å². The Morgan fingerprint density at radius 3 is 1.41 bits per heavy atom. The highest BCUT2D eigenvalue weighted by molar-refractivity contribution is 5.67. The fourth-order valence-electron chi connectivity index (χ4n) is 4.49. The maximum atomic E-state index is 12.1. The number of carbonyl (C=O) groups is 4. The lowest BCUT2D eigenvalue weighted by molar-refractivity contribution is -0.362. The standard InChI is InChI=1S/C24H38O15/c1-11(25)33-9-15-17(29-5)19(30-6)21(31-7)24(38-15)39-18-16(10-34-12(2)26)37-23(32-8)22(36-14(4)28)20(18)35-13(3)27/h15-24H,9-10H2,1-8H3/t15-,16-,17-,18-,19+,20+,21+,22-,23+,24-/m1/s1. The molecule has 0 unspecified atom stereocenters. The van der Waals surface area contributed by atoms with Crippen LogP contribution in [0.1, 0.15) is 27.7 Å². The molecule has 2 aliphatic rings. The summed E-state index contributed by atoms with van der Waals surface area (Å²) in [6.45, 7) is 4.24. The molecule has 2 aliphatic heterocycles. The van der Waals surface area contributed by atoms with Crippen LogP contribution < -0.4 is 0 Å². The maximum absolute atomic E-state index is 12.1. The van der Waals surface area contributed by atoms with Crippen molar-refractivity contribution in [2.24, 2.45) is 0 Å². The van der Waals surface area contributed by atoms with E-state index in [2.05, 4.69) is 0 Å². The number of carbonyl (C=O) groups excluding carboxylic acids is 4. The van der Waals surface area contributed by atoms with Crippen molar-refractivity contribution in [2.75, 3.05) is 41.7 Å². The van der Waals surface area contributed by atoms with Gasteiger partial charge in [0.2, 0.25) is 0 Å². The molecule has 2 fully saturated rings. The zero-order chi connectivity index (χ0) is 29.3. The van der Waals surface area contributed by atoms with Crippen molar-refractivity contribution in [3.8, 4) is 0 Å². The van der Waals surface area contributed by atoms with Gasteiger partial charge in [0.1, 0.15) is 49.8 Å². The van der Waals surface area contributed by atoms with Gasteiger partial charge in [-0.2, -0.15) is 0 Å². The molecule has 0 aromatic rings. The summed E-state index contributed by atoms with van der Waals surface area (Å²) >= 11 is 0. The molecule has 10 atom stereocenters. The Balaban J connectivity index is 2.50. The van der Waals surface area contributed by atoms with Crippen molar-refractivity contribution in [3.05, 3.63) is 0 Å². The second-order valence-corrected chi connectivity index (χ2v) is 8.78. The zero-order valence-electron chi connectivity index (χ0n) is 23.3. The topological polar surface area (TPSA) is 170 Å². The Bertz CT molecular complexity index is 834. The van der Waals surface area contributed by atoms with E-state index in [1.165, 1.54) is 42.3 Å². The van der Waals surface area contributed by atoms with Crippen LogP contribution >= 0.6 is 0 Å². The molecule has 0 radical (unpaired) electrons. The smallest absolute Gasteiger partial charge is 0.303 e. The van der Waals surface area contributed by atoms with Crippen molar-refractivity contribution in [3.63, 3.8) is 0 Å². The van der Waals surface area contributed by atoms with Crippen LogP contribution in [0, 0.1) is 0 Å². The monoisotopic (exact) mass is 566 g/mol. The quantitative estimate of drug-likeness (QED) is 0.219. The molecule has 39 heavy (non-hydrogen) atoms. The predicted molar refractivity (Wildman–Crippen MR) is 126 cm³/mol. The van der Waals surface area contributed by atoms with Crippen LogP contribution in [0.3, 0.4) is 0 Å². The second kappa shape index (κ2) is 15.4. The molecule has 0 aliphatic carbocycles. The average molecular weight is 567 g/mol. The third kappa shape index (κ3) is 8.79. The molecular weight excluding hydrogens is 528 g/mol. The number of methoxy groups -OCH3 is 4. The molecular formula is C24H38O15. The van der Waals surface area contributed by atoms with Gasteiger partial charge in [0.05, 0.1) is 0 Å². The van der Waals surface area contributed by atoms with Gasteiger partial charge in [0.15, 0.2) is 24.8 Å². The minimum atomic E-state index is -1.29. The molecule has 0 bridgehead atoms. The van der Waals surface area contributed by atoms with Gasteiger partial charge in [-0.1, -0.05) is 0 Å². The van der Waals surface area contributed by atoms with E-state index >= 15 is 0 Å². The van der Waals surface area contributed by atoms with Crippen molar-refractivity contribution in [2.45, 2.75) is 89.1 Å². The second-order valence-electron chi connectivity index (χ2n) is 8.78. The summed E-state index contributed by atoms with van der Waals surface area (Å²) in [5.41, 5.74) is 0. The molecule has 0 saturated carbocycles. The molecule has 0 aromatic heterocycles. The van der Waals surface area contributed by atoms with Crippen LogP contribution in [-0.4, -0.2) is 127 Å². The number of esters is 4. The molecule has 0 amide bonds. The SMILES string of the molecule is CO[C@H]1O[C@H](COC(C)=O)[C@@H](O[C@H]2O[C@H](COC(C)=O)[C@@H](OC)[C@H](OC)[C@@H]2OC)[C@H](OC(C)=O)[C@H]1OC(C)=O. The first-order chi connectivity index (χ1) is 18.5. The van der Waals surface area contributed by atoms with Crippen LogP contribution in [0.2, 0.25) is 0 Å². The van der Waals surface area contributed by atoms with E-state index < -0.39 is 85.3 Å². The highest BCUT2D eigenvalue weighted by atomic mass is 16.8. The fourth-order valence-corrected chi connectivity index (χ4v) is 4.49. The average Bonchev–Trinajstić information content (AvgIpc) is 2.87. The third-order valence-electron chi connectivity index (χ3n) is 6.03. The molecule has 15 nitrogen and oxygen atoms in total. The predicted octanol–water partition coefficient (Wildman–Crippen LogP) is -0.498. The summed E-state index contributed by atoms with van der Waals surface area (Å²) in [7, 11) is 5.57. The summed E-state index contributed by atoms with van der Waals surface area (Å²) < 4.78 is 61.7. The highest BCUT2D eigenvalue weighted by Crippen LogP contribution is 2.34. The minimum Gasteiger partial charge on any atom is -0.463 e. The number of hydrogen-bond donors (Lipinski definition) is 0. The Labute approximate surface area is 226 Å². The first-order valence-electron chi connectivity index (χ1n) is 12.2. The molecule has 0 aromatic carbocycles. The molecule has 0 N–H and O–H groups in total. The van der Waals surface area contributed by atoms with Crippen LogP contribution in [0.4, 0.5) is 0 Å². The molecule has 2 heterocycles. The van der Waals surface area contributed by atoms with Crippen LogP contribution in [0.25, 0.3) is 0 Å². The van der Waals surface area contributed by atoms with Crippen LogP contribution in [0.15, 0.2) is 0 Å². The first-order valence-corrected chi connectivity index (χ1v) is 12.2. The molecule has 224 valence electrons. The van der Waals surface area contributed by atoms with Gasteiger partial charge < -0.3 is 52.1 Å². The van der Waals surface area contributed by atoms with E-state index in [1.54, 1.807) is 0 Å². The molecule has 0 spiro atoms. The number of ether oxygens (including phenoxy) is 11. The summed E-state index contributed by atoms with van der Waals surface area (Å²) in [5, 5.41) is 0. The number of rotatable bonds is 12. The largest absolute Gasteiger partial charge is 0.463 e. The lowest BCUT2D eigenvalue weighted by Crippen LogP contribution is -2.66. The zero-order valence-corrected chi connectivity index (χ0v) is 23.3. The summed E-state index contributed by atoms with van der Waals surface area (Å²) in [5.74, 6) is -2.57. The summed E-state index contributed by atoms with van der Waals surface area (Å²) in [6.07, 6.45) is -10.6. The normalized spacial score (nSPS) is 34.6. The van der Waals surface area contributed by atoms with E-state index in [0.29, 0.717) is 0 Å². The van der Waals surface area contributed by atoms with Gasteiger partial charge in [-0.3, -0.25) is 19.2 Å². The van der Waals surface area contributed by atoms with E-state index in [-0.39, 0.29) is 13.2 Å². The Morgan fingerprint density at radius 2 is 0.974 bits per heavy atom. The molecule has 2 saturated heterocycles. The van der Waals surface area contributed by atoms with Crippen LogP contribution in [-0.2, 0) is 71.3 Å². The Morgan fingerprint density at radius 1 is 0.513 bits per heavy atom. The lowest BCUT2D eigenvalue weighted by Gasteiger charge is -2.48. The van der Waals surface area contributed by atoms with Crippen molar-refractivity contribution >= 4 is 23.9 Å². The van der Waals surface area contributed by atoms with Gasteiger partial charge in [0.25, 0.3) is 0 Å². The first kappa shape index (κ1) is 32.8. The van der Waals surface area contributed by atoms with Gasteiger partial charge in [-0.15, -0.1) is 0 Å².